The fraction of sp³-hybridized carbons (Fsp3) is 0.903. The zero-order valence-corrected chi connectivity index (χ0v) is 26.6. The Bertz CT molecular complexity index is 907. The highest BCUT2D eigenvalue weighted by molar-refractivity contribution is 5.83. The number of methoxy groups -OCH3 is 1. The summed E-state index contributed by atoms with van der Waals surface area (Å²) in [7, 11) is 1.39. The number of hydrogen-bond acceptors (Lipinski definition) is 11. The van der Waals surface area contributed by atoms with Gasteiger partial charge in [0.15, 0.2) is 0 Å². The minimum absolute atomic E-state index is 0.0263. The van der Waals surface area contributed by atoms with Crippen LogP contribution in [0.15, 0.2) is 0 Å². The molecule has 2 heterocycles. The minimum atomic E-state index is -0.550. The van der Waals surface area contributed by atoms with Crippen molar-refractivity contribution in [2.45, 2.75) is 115 Å². The number of esters is 2. The Morgan fingerprint density at radius 2 is 1.63 bits per heavy atom. The van der Waals surface area contributed by atoms with Crippen LogP contribution >= 0.6 is 0 Å². The van der Waals surface area contributed by atoms with Gasteiger partial charge in [-0.05, 0) is 84.0 Å². The lowest BCUT2D eigenvalue weighted by molar-refractivity contribution is -0.154. The Kier molecular flexibility index (Phi) is 12.6. The molecule has 43 heavy (non-hydrogen) atoms. The van der Waals surface area contributed by atoms with Gasteiger partial charge in [-0.1, -0.05) is 0 Å². The van der Waals surface area contributed by atoms with E-state index in [9.17, 15) is 19.5 Å². The highest BCUT2D eigenvalue weighted by Gasteiger charge is 2.37. The second-order valence-electron chi connectivity index (χ2n) is 13.9. The molecule has 2 atom stereocenters. The lowest BCUT2D eigenvalue weighted by Gasteiger charge is -2.40. The van der Waals surface area contributed by atoms with Gasteiger partial charge in [0.1, 0.15) is 24.5 Å². The van der Waals surface area contributed by atoms with Gasteiger partial charge < -0.3 is 24.6 Å². The number of aliphatic hydroxyl groups is 1. The molecule has 5 N–H and O–H groups in total. The van der Waals surface area contributed by atoms with Gasteiger partial charge in [-0.2, -0.15) is 0 Å². The Morgan fingerprint density at radius 1 is 0.953 bits per heavy atom. The summed E-state index contributed by atoms with van der Waals surface area (Å²) in [6.07, 6.45) is 8.17. The molecular weight excluding hydrogens is 554 g/mol. The monoisotopic (exact) mass is 609 g/mol. The van der Waals surface area contributed by atoms with Crippen molar-refractivity contribution in [2.75, 3.05) is 46.4 Å². The number of aliphatic hydroxyl groups excluding tert-OH is 1. The normalized spacial score (nSPS) is 34.0. The summed E-state index contributed by atoms with van der Waals surface area (Å²) in [5.74, 6) is 0.391. The van der Waals surface area contributed by atoms with Gasteiger partial charge >= 0.3 is 11.9 Å². The molecule has 0 unspecified atom stereocenters. The molecule has 2 saturated carbocycles. The molecule has 4 aliphatic rings. The van der Waals surface area contributed by atoms with E-state index in [1.54, 1.807) is 0 Å². The molecule has 2 saturated heterocycles. The first-order valence-corrected chi connectivity index (χ1v) is 16.3. The van der Waals surface area contributed by atoms with Crippen molar-refractivity contribution in [2.24, 2.45) is 17.8 Å². The van der Waals surface area contributed by atoms with Gasteiger partial charge in [-0.25, -0.2) is 0 Å². The smallest absolute Gasteiger partial charge is 0.325 e. The molecule has 4 fully saturated rings. The number of carbonyl (C=O) groups is 3. The Hall–Kier alpha value is -1.83. The summed E-state index contributed by atoms with van der Waals surface area (Å²) >= 11 is 0. The van der Waals surface area contributed by atoms with Crippen molar-refractivity contribution in [1.29, 1.82) is 0 Å². The topological polar surface area (TPSA) is 150 Å². The number of rotatable bonds is 11. The van der Waals surface area contributed by atoms with Gasteiger partial charge in [0.25, 0.3) is 0 Å². The number of nitrogens with zero attached hydrogens (tertiary/aromatic N) is 1. The van der Waals surface area contributed by atoms with Gasteiger partial charge in [0.2, 0.25) is 5.91 Å². The summed E-state index contributed by atoms with van der Waals surface area (Å²) in [6.45, 7) is 8.96. The first-order valence-electron chi connectivity index (χ1n) is 16.3. The first kappa shape index (κ1) is 34.1. The second kappa shape index (κ2) is 15.9. The van der Waals surface area contributed by atoms with Gasteiger partial charge in [0.05, 0.1) is 25.9 Å². The lowest BCUT2D eigenvalue weighted by Crippen LogP contribution is -2.63. The van der Waals surface area contributed by atoms with Crippen LogP contribution in [-0.2, 0) is 28.6 Å². The quantitative estimate of drug-likeness (QED) is 0.212. The van der Waals surface area contributed by atoms with Crippen molar-refractivity contribution < 1.29 is 33.7 Å². The van der Waals surface area contributed by atoms with E-state index in [-0.39, 0.29) is 42.8 Å². The van der Waals surface area contributed by atoms with E-state index in [1.807, 2.05) is 25.7 Å². The molecule has 0 bridgehead atoms. The predicted molar refractivity (Wildman–Crippen MR) is 161 cm³/mol. The predicted octanol–water partition coefficient (Wildman–Crippen LogP) is 0.869. The molecule has 0 aromatic heterocycles. The molecule has 0 spiro atoms. The first-order chi connectivity index (χ1) is 20.5. The maximum Gasteiger partial charge on any atom is 0.325 e. The third-order valence-corrected chi connectivity index (χ3v) is 9.47. The molecule has 12 heteroatoms. The summed E-state index contributed by atoms with van der Waals surface area (Å²) in [5.41, 5.74) is -0.550. The van der Waals surface area contributed by atoms with E-state index in [2.05, 4.69) is 21.3 Å². The van der Waals surface area contributed by atoms with Crippen LogP contribution in [0.4, 0.5) is 0 Å². The maximum atomic E-state index is 12.6. The van der Waals surface area contributed by atoms with E-state index in [4.69, 9.17) is 14.2 Å². The van der Waals surface area contributed by atoms with Crippen LogP contribution in [0.1, 0.15) is 78.6 Å². The van der Waals surface area contributed by atoms with Crippen LogP contribution in [0.5, 0.6) is 0 Å². The molecule has 0 radical (unpaired) electrons. The Balaban J connectivity index is 1.05. The average Bonchev–Trinajstić information content (AvgIpc) is 3.36. The molecule has 4 rings (SSSR count). The van der Waals surface area contributed by atoms with Crippen molar-refractivity contribution in [3.05, 3.63) is 0 Å². The van der Waals surface area contributed by atoms with Crippen molar-refractivity contribution in [3.63, 3.8) is 0 Å². The Morgan fingerprint density at radius 3 is 2.26 bits per heavy atom. The fourth-order valence-corrected chi connectivity index (χ4v) is 7.14. The highest BCUT2D eigenvalue weighted by Crippen LogP contribution is 2.34. The zero-order chi connectivity index (χ0) is 31.0. The van der Waals surface area contributed by atoms with Crippen LogP contribution in [0.25, 0.3) is 0 Å². The van der Waals surface area contributed by atoms with Gasteiger partial charge in [-0.3, -0.25) is 35.2 Å². The average molecular weight is 610 g/mol. The van der Waals surface area contributed by atoms with Crippen LogP contribution < -0.4 is 21.3 Å². The van der Waals surface area contributed by atoms with Crippen molar-refractivity contribution in [3.8, 4) is 0 Å². The molecular formula is C31H55N5O7. The Labute approximate surface area is 256 Å². The summed E-state index contributed by atoms with van der Waals surface area (Å²) in [5, 5.41) is 23.8. The van der Waals surface area contributed by atoms with Crippen LogP contribution in [0.3, 0.4) is 0 Å². The molecule has 1 amide bonds. The molecule has 0 aromatic carbocycles. The van der Waals surface area contributed by atoms with E-state index < -0.39 is 17.7 Å². The number of amides is 1. The molecule has 2 aliphatic heterocycles. The maximum absolute atomic E-state index is 12.6. The summed E-state index contributed by atoms with van der Waals surface area (Å²) in [4.78, 5) is 38.4. The second-order valence-corrected chi connectivity index (χ2v) is 13.9. The largest absolute Gasteiger partial charge is 0.468 e. The number of β-amino-alcohol motifs (C(OH)–C–C–N with tert-alkyl or cyclic N) is 1. The number of ether oxygens (including phenoxy) is 3. The standard InChI is InChI=1S/C31H55N5O7/c1-31(2,3)43-27(38)18-32-28(39)21-7-5-20(6-8-21)22-16-33-30(34-17-22)35-23-9-11-25(12-10-23)42-14-13-36-19-24(37)15-26(36)29(40)41-4/h20-26,30,33-35,37H,5-19H2,1-4H3,(H,32,39)/t20?,21?,22?,23?,24-,25?,26+,30?/m1/s1. The van der Waals surface area contributed by atoms with Crippen LogP contribution in [-0.4, -0.2) is 110 Å². The van der Waals surface area contributed by atoms with E-state index in [0.717, 1.165) is 64.5 Å². The van der Waals surface area contributed by atoms with Crippen molar-refractivity contribution in [1.82, 2.24) is 26.2 Å². The van der Waals surface area contributed by atoms with E-state index in [0.29, 0.717) is 44.0 Å². The van der Waals surface area contributed by atoms with Crippen molar-refractivity contribution >= 4 is 17.8 Å². The highest BCUT2D eigenvalue weighted by atomic mass is 16.6. The van der Waals surface area contributed by atoms with Crippen LogP contribution in [0, 0.1) is 17.8 Å². The minimum Gasteiger partial charge on any atom is -0.468 e. The van der Waals surface area contributed by atoms with E-state index in [1.165, 1.54) is 7.11 Å². The van der Waals surface area contributed by atoms with Gasteiger partial charge in [-0.15, -0.1) is 0 Å². The number of nitrogens with one attached hydrogen (secondary N) is 4. The van der Waals surface area contributed by atoms with E-state index >= 15 is 0 Å². The third kappa shape index (κ3) is 10.6. The van der Waals surface area contributed by atoms with Crippen LogP contribution in [0.2, 0.25) is 0 Å². The fourth-order valence-electron chi connectivity index (χ4n) is 7.14. The SMILES string of the molecule is COC(=O)[C@@H]1C[C@@H](O)CN1CCOC1CCC(NC2NCC(C3CCC(C(=O)NCC(=O)OC(C)(C)C)CC3)CN2)CC1. The molecule has 246 valence electrons. The molecule has 12 nitrogen and oxygen atoms in total. The molecule has 2 aliphatic carbocycles. The summed E-state index contributed by atoms with van der Waals surface area (Å²) in [6, 6.07) is 0.0610. The number of carbonyl (C=O) groups excluding carboxylic acids is 3. The van der Waals surface area contributed by atoms with Gasteiger partial charge in [0, 0.05) is 44.6 Å². The number of hydrogen-bond donors (Lipinski definition) is 5. The lowest BCUT2D eigenvalue weighted by atomic mass is 9.75. The zero-order valence-electron chi connectivity index (χ0n) is 26.6. The molecule has 0 aromatic rings. The third-order valence-electron chi connectivity index (χ3n) is 9.47. The summed E-state index contributed by atoms with van der Waals surface area (Å²) < 4.78 is 16.3. The number of likely N-dealkylation sites (tertiary alicyclic amines) is 1.